The number of hydrogen-bond acceptors (Lipinski definition) is 4. The quantitative estimate of drug-likeness (QED) is 0.178. The number of furan rings is 1. The van der Waals surface area contributed by atoms with Crippen LogP contribution in [0.15, 0.2) is 144 Å². The lowest BCUT2D eigenvalue weighted by Gasteiger charge is -2.11. The standard InChI is InChI=1S/C43H32N4O/c1-2-3-11-28-18-20-30(21-19-28)42-44-41(29-12-5-4-6-13-29)45-43(46-42)31-22-24-32(25-23-31)47-37-16-9-7-14-33(37)35-26-27-36-34-15-8-10-17-38(34)48-40(36)39(35)47/h4-10,12-27H,2-3,11H2,1H3. The maximum Gasteiger partial charge on any atom is 0.164 e. The maximum atomic E-state index is 6.54. The molecule has 0 radical (unpaired) electrons. The normalized spacial score (nSPS) is 11.7. The van der Waals surface area contributed by atoms with Gasteiger partial charge < -0.3 is 8.98 Å². The third-order valence-corrected chi connectivity index (χ3v) is 9.26. The van der Waals surface area contributed by atoms with Gasteiger partial charge in [-0.1, -0.05) is 110 Å². The van der Waals surface area contributed by atoms with Crippen molar-refractivity contribution in [2.24, 2.45) is 0 Å². The van der Waals surface area contributed by atoms with E-state index >= 15 is 0 Å². The molecule has 0 aliphatic rings. The first kappa shape index (κ1) is 28.2. The molecule has 0 fully saturated rings. The molecule has 3 aromatic heterocycles. The van der Waals surface area contributed by atoms with Gasteiger partial charge in [0.1, 0.15) is 5.58 Å². The number of benzene rings is 6. The zero-order chi connectivity index (χ0) is 32.0. The zero-order valence-electron chi connectivity index (χ0n) is 26.6. The first-order valence-corrected chi connectivity index (χ1v) is 16.6. The fraction of sp³-hybridized carbons (Fsp3) is 0.0930. The van der Waals surface area contributed by atoms with Crippen LogP contribution in [-0.4, -0.2) is 19.5 Å². The Labute approximate surface area is 278 Å². The minimum atomic E-state index is 0.641. The van der Waals surface area contributed by atoms with Gasteiger partial charge in [0.15, 0.2) is 23.1 Å². The second kappa shape index (κ2) is 11.6. The van der Waals surface area contributed by atoms with Crippen molar-refractivity contribution in [3.05, 3.63) is 145 Å². The van der Waals surface area contributed by atoms with Crippen LogP contribution in [0.4, 0.5) is 0 Å². The van der Waals surface area contributed by atoms with Crippen molar-refractivity contribution in [2.75, 3.05) is 0 Å². The van der Waals surface area contributed by atoms with Crippen molar-refractivity contribution in [2.45, 2.75) is 26.2 Å². The van der Waals surface area contributed by atoms with Gasteiger partial charge in [-0.2, -0.15) is 0 Å². The Morgan fingerprint density at radius 3 is 1.81 bits per heavy atom. The Morgan fingerprint density at radius 2 is 1.10 bits per heavy atom. The van der Waals surface area contributed by atoms with E-state index in [4.69, 9.17) is 19.4 Å². The third-order valence-electron chi connectivity index (χ3n) is 9.26. The highest BCUT2D eigenvalue weighted by Gasteiger charge is 2.19. The van der Waals surface area contributed by atoms with Crippen LogP contribution in [0, 0.1) is 0 Å². The van der Waals surface area contributed by atoms with Gasteiger partial charge in [0.05, 0.1) is 11.0 Å². The first-order valence-electron chi connectivity index (χ1n) is 16.6. The number of rotatable bonds is 7. The van der Waals surface area contributed by atoms with E-state index in [1.807, 2.05) is 42.5 Å². The van der Waals surface area contributed by atoms with E-state index in [1.54, 1.807) is 0 Å². The minimum absolute atomic E-state index is 0.641. The summed E-state index contributed by atoms with van der Waals surface area (Å²) >= 11 is 0. The summed E-state index contributed by atoms with van der Waals surface area (Å²) in [6.45, 7) is 2.22. The van der Waals surface area contributed by atoms with Gasteiger partial charge >= 0.3 is 0 Å². The lowest BCUT2D eigenvalue weighted by atomic mass is 10.1. The van der Waals surface area contributed by atoms with Gasteiger partial charge in [-0.3, -0.25) is 0 Å². The van der Waals surface area contributed by atoms with Crippen molar-refractivity contribution in [3.63, 3.8) is 0 Å². The fourth-order valence-electron chi connectivity index (χ4n) is 6.81. The third kappa shape index (κ3) is 4.75. The number of para-hydroxylation sites is 2. The average molecular weight is 621 g/mol. The summed E-state index contributed by atoms with van der Waals surface area (Å²) in [6.07, 6.45) is 3.44. The number of aromatic nitrogens is 4. The van der Waals surface area contributed by atoms with Gasteiger partial charge in [-0.05, 0) is 60.9 Å². The van der Waals surface area contributed by atoms with E-state index in [0.29, 0.717) is 17.5 Å². The van der Waals surface area contributed by atoms with Crippen LogP contribution in [-0.2, 0) is 6.42 Å². The molecule has 0 aliphatic heterocycles. The summed E-state index contributed by atoms with van der Waals surface area (Å²) in [5.74, 6) is 1.96. The minimum Gasteiger partial charge on any atom is -0.454 e. The molecule has 0 bridgehead atoms. The Balaban J connectivity index is 1.18. The molecule has 0 aliphatic carbocycles. The molecule has 3 heterocycles. The molecule has 0 N–H and O–H groups in total. The highest BCUT2D eigenvalue weighted by Crippen LogP contribution is 2.40. The van der Waals surface area contributed by atoms with Gasteiger partial charge in [0, 0.05) is 43.9 Å². The van der Waals surface area contributed by atoms with E-state index in [2.05, 4.69) is 109 Å². The van der Waals surface area contributed by atoms with Crippen molar-refractivity contribution in [3.8, 4) is 39.9 Å². The second-order valence-electron chi connectivity index (χ2n) is 12.3. The zero-order valence-corrected chi connectivity index (χ0v) is 26.6. The van der Waals surface area contributed by atoms with Crippen LogP contribution in [0.3, 0.4) is 0 Å². The molecule has 0 saturated carbocycles. The van der Waals surface area contributed by atoms with Crippen molar-refractivity contribution < 1.29 is 4.42 Å². The number of hydrogen-bond donors (Lipinski definition) is 0. The molecule has 6 aromatic carbocycles. The van der Waals surface area contributed by atoms with Crippen LogP contribution in [0.1, 0.15) is 25.3 Å². The Kier molecular flexibility index (Phi) is 6.82. The van der Waals surface area contributed by atoms with E-state index in [0.717, 1.165) is 67.2 Å². The SMILES string of the molecule is CCCCc1ccc(-c2nc(-c3ccccc3)nc(-c3ccc(-n4c5ccccc5c5ccc6c7ccccc7oc6c54)cc3)n2)cc1. The number of nitrogens with zero attached hydrogens (tertiary/aromatic N) is 4. The molecule has 230 valence electrons. The summed E-state index contributed by atoms with van der Waals surface area (Å²) in [5, 5.41) is 4.59. The first-order chi connectivity index (χ1) is 23.7. The van der Waals surface area contributed by atoms with Gasteiger partial charge in [0.2, 0.25) is 0 Å². The molecular weight excluding hydrogens is 589 g/mol. The largest absolute Gasteiger partial charge is 0.454 e. The Hall–Kier alpha value is -6.07. The Bertz CT molecular complexity index is 2580. The summed E-state index contributed by atoms with van der Waals surface area (Å²) in [4.78, 5) is 14.9. The summed E-state index contributed by atoms with van der Waals surface area (Å²) < 4.78 is 8.85. The predicted octanol–water partition coefficient (Wildman–Crippen LogP) is 11.2. The van der Waals surface area contributed by atoms with Crippen LogP contribution < -0.4 is 0 Å². The molecule has 0 saturated heterocycles. The monoisotopic (exact) mass is 620 g/mol. The molecule has 9 rings (SSSR count). The van der Waals surface area contributed by atoms with E-state index < -0.39 is 0 Å². The van der Waals surface area contributed by atoms with Crippen LogP contribution >= 0.6 is 0 Å². The maximum absolute atomic E-state index is 6.54. The summed E-state index contributed by atoms with van der Waals surface area (Å²) in [7, 11) is 0. The molecule has 0 atom stereocenters. The molecule has 48 heavy (non-hydrogen) atoms. The molecule has 5 heteroatoms. The van der Waals surface area contributed by atoms with Crippen molar-refractivity contribution in [1.29, 1.82) is 0 Å². The highest BCUT2D eigenvalue weighted by molar-refractivity contribution is 6.21. The van der Waals surface area contributed by atoms with Gasteiger partial charge in [-0.15, -0.1) is 0 Å². The van der Waals surface area contributed by atoms with E-state index in [-0.39, 0.29) is 0 Å². The number of unbranched alkanes of at least 4 members (excludes halogenated alkanes) is 1. The van der Waals surface area contributed by atoms with E-state index in [9.17, 15) is 0 Å². The lowest BCUT2D eigenvalue weighted by molar-refractivity contribution is 0.671. The smallest absolute Gasteiger partial charge is 0.164 e. The summed E-state index contributed by atoms with van der Waals surface area (Å²) in [6, 6.07) is 48.5. The van der Waals surface area contributed by atoms with Crippen LogP contribution in [0.25, 0.3) is 83.6 Å². The van der Waals surface area contributed by atoms with Gasteiger partial charge in [-0.25, -0.2) is 15.0 Å². The molecule has 0 amide bonds. The predicted molar refractivity (Wildman–Crippen MR) is 196 cm³/mol. The Morgan fingerprint density at radius 1 is 0.521 bits per heavy atom. The highest BCUT2D eigenvalue weighted by atomic mass is 16.3. The molecule has 0 unspecified atom stereocenters. The lowest BCUT2D eigenvalue weighted by Crippen LogP contribution is -2.01. The topological polar surface area (TPSA) is 56.7 Å². The van der Waals surface area contributed by atoms with Crippen LogP contribution in [0.5, 0.6) is 0 Å². The number of aryl methyl sites for hydroxylation is 1. The van der Waals surface area contributed by atoms with Crippen LogP contribution in [0.2, 0.25) is 0 Å². The average Bonchev–Trinajstić information content (AvgIpc) is 3.70. The van der Waals surface area contributed by atoms with Crippen molar-refractivity contribution in [1.82, 2.24) is 19.5 Å². The van der Waals surface area contributed by atoms with Gasteiger partial charge in [0.25, 0.3) is 0 Å². The molecular formula is C43H32N4O. The van der Waals surface area contributed by atoms with Crippen molar-refractivity contribution >= 4 is 43.7 Å². The number of fused-ring (bicyclic) bond motifs is 7. The summed E-state index contributed by atoms with van der Waals surface area (Å²) in [5.41, 5.74) is 9.21. The second-order valence-corrected chi connectivity index (χ2v) is 12.3. The van der Waals surface area contributed by atoms with E-state index in [1.165, 1.54) is 23.8 Å². The fourth-order valence-corrected chi connectivity index (χ4v) is 6.81. The molecule has 0 spiro atoms. The molecule has 9 aromatic rings. The molecule has 5 nitrogen and oxygen atoms in total.